The number of hydrogen-bond donors (Lipinski definition) is 1. The fourth-order valence-corrected chi connectivity index (χ4v) is 4.57. The standard InChI is InChI=1S/C14H16ClNO2S/c15-11-6-5-10-7-13(19(17,18)14(10)8-11)9-16-12-3-1-2-4-12/h5-8,12,16H,1-4,9H2. The predicted octanol–water partition coefficient (Wildman–Crippen LogP) is 3.00. The Hall–Kier alpha value is -0.840. The van der Waals surface area contributed by atoms with Crippen molar-refractivity contribution in [1.82, 2.24) is 5.32 Å². The van der Waals surface area contributed by atoms with Crippen LogP contribution < -0.4 is 5.32 Å². The zero-order chi connectivity index (χ0) is 13.5. The lowest BCUT2D eigenvalue weighted by Gasteiger charge is -2.12. The van der Waals surface area contributed by atoms with Crippen molar-refractivity contribution in [3.8, 4) is 0 Å². The van der Waals surface area contributed by atoms with Crippen LogP contribution in [0.5, 0.6) is 0 Å². The molecule has 1 aliphatic heterocycles. The number of fused-ring (bicyclic) bond motifs is 1. The summed E-state index contributed by atoms with van der Waals surface area (Å²) in [6, 6.07) is 5.48. The maximum absolute atomic E-state index is 12.4. The summed E-state index contributed by atoms with van der Waals surface area (Å²) in [4.78, 5) is 0.792. The lowest BCUT2D eigenvalue weighted by atomic mass is 10.2. The van der Waals surface area contributed by atoms with Gasteiger partial charge in [0, 0.05) is 17.6 Å². The van der Waals surface area contributed by atoms with Gasteiger partial charge in [0.25, 0.3) is 0 Å². The maximum atomic E-state index is 12.4. The molecule has 0 atom stereocenters. The number of nitrogens with one attached hydrogen (secondary N) is 1. The zero-order valence-corrected chi connectivity index (χ0v) is 12.1. The van der Waals surface area contributed by atoms with E-state index in [4.69, 9.17) is 11.6 Å². The quantitative estimate of drug-likeness (QED) is 0.933. The third kappa shape index (κ3) is 2.45. The minimum atomic E-state index is -3.35. The topological polar surface area (TPSA) is 46.2 Å². The molecule has 102 valence electrons. The number of benzene rings is 1. The van der Waals surface area contributed by atoms with E-state index in [1.165, 1.54) is 18.9 Å². The van der Waals surface area contributed by atoms with Crippen molar-refractivity contribution in [3.05, 3.63) is 33.7 Å². The fourth-order valence-electron chi connectivity index (χ4n) is 2.77. The highest BCUT2D eigenvalue weighted by atomic mass is 35.5. The van der Waals surface area contributed by atoms with Crippen LogP contribution in [-0.2, 0) is 9.84 Å². The van der Waals surface area contributed by atoms with Gasteiger partial charge in [0.05, 0.1) is 9.80 Å². The van der Waals surface area contributed by atoms with Crippen LogP contribution in [0.15, 0.2) is 28.0 Å². The van der Waals surface area contributed by atoms with Gasteiger partial charge in [0.15, 0.2) is 0 Å². The first kappa shape index (κ1) is 13.2. The van der Waals surface area contributed by atoms with Crippen molar-refractivity contribution in [2.24, 2.45) is 0 Å². The number of rotatable bonds is 3. The molecule has 1 N–H and O–H groups in total. The Morgan fingerprint density at radius 2 is 2.00 bits per heavy atom. The smallest absolute Gasteiger partial charge is 0.204 e. The first-order valence-corrected chi connectivity index (χ1v) is 8.42. The summed E-state index contributed by atoms with van der Waals surface area (Å²) < 4.78 is 24.7. The van der Waals surface area contributed by atoms with Gasteiger partial charge in [-0.2, -0.15) is 0 Å². The Bertz CT molecular complexity index is 631. The van der Waals surface area contributed by atoms with Crippen LogP contribution in [0.2, 0.25) is 5.02 Å². The fraction of sp³-hybridized carbons (Fsp3) is 0.429. The molecular weight excluding hydrogens is 282 g/mol. The van der Waals surface area contributed by atoms with Crippen LogP contribution in [0.1, 0.15) is 31.2 Å². The molecule has 3 nitrogen and oxygen atoms in total. The molecule has 1 heterocycles. The Kier molecular flexibility index (Phi) is 3.41. The molecule has 2 aliphatic rings. The SMILES string of the molecule is O=S1(=O)C(CNC2CCCC2)=Cc2ccc(Cl)cc21. The molecule has 1 aromatic rings. The lowest BCUT2D eigenvalue weighted by Crippen LogP contribution is -2.29. The molecule has 1 fully saturated rings. The molecule has 1 aromatic carbocycles. The van der Waals surface area contributed by atoms with Crippen LogP contribution in [0.4, 0.5) is 0 Å². The van der Waals surface area contributed by atoms with Crippen LogP contribution in [0, 0.1) is 0 Å². The van der Waals surface area contributed by atoms with E-state index in [1.807, 2.05) is 0 Å². The van der Waals surface area contributed by atoms with Crippen molar-refractivity contribution >= 4 is 27.5 Å². The molecule has 0 spiro atoms. The van der Waals surface area contributed by atoms with Gasteiger partial charge in [-0.1, -0.05) is 30.5 Å². The predicted molar refractivity (Wildman–Crippen MR) is 76.9 cm³/mol. The molecule has 0 saturated heterocycles. The number of hydrogen-bond acceptors (Lipinski definition) is 3. The summed E-state index contributed by atoms with van der Waals surface area (Å²) in [7, 11) is -3.35. The Balaban J connectivity index is 1.81. The van der Waals surface area contributed by atoms with Gasteiger partial charge in [0.1, 0.15) is 0 Å². The molecule has 19 heavy (non-hydrogen) atoms. The van der Waals surface area contributed by atoms with Gasteiger partial charge >= 0.3 is 0 Å². The molecule has 0 radical (unpaired) electrons. The van der Waals surface area contributed by atoms with Crippen LogP contribution >= 0.6 is 11.6 Å². The normalized spacial score (nSPS) is 21.4. The highest BCUT2D eigenvalue weighted by molar-refractivity contribution is 7.95. The summed E-state index contributed by atoms with van der Waals surface area (Å²) in [5.74, 6) is 0. The van der Waals surface area contributed by atoms with Gasteiger partial charge < -0.3 is 5.32 Å². The number of halogens is 1. The molecule has 1 aliphatic carbocycles. The second-order valence-corrected chi connectivity index (χ2v) is 7.57. The van der Waals surface area contributed by atoms with E-state index in [0.717, 1.165) is 18.4 Å². The average molecular weight is 298 g/mol. The highest BCUT2D eigenvalue weighted by Gasteiger charge is 2.30. The first-order chi connectivity index (χ1) is 9.07. The maximum Gasteiger partial charge on any atom is 0.204 e. The molecular formula is C14H16ClNO2S. The largest absolute Gasteiger partial charge is 0.309 e. The van der Waals surface area contributed by atoms with E-state index < -0.39 is 9.84 Å². The summed E-state index contributed by atoms with van der Waals surface area (Å²) in [5, 5.41) is 3.81. The van der Waals surface area contributed by atoms with Crippen LogP contribution in [0.3, 0.4) is 0 Å². The monoisotopic (exact) mass is 297 g/mol. The average Bonchev–Trinajstić information content (AvgIpc) is 2.95. The van der Waals surface area contributed by atoms with Crippen LogP contribution in [0.25, 0.3) is 6.08 Å². The summed E-state index contributed by atoms with van der Waals surface area (Å²) in [5.41, 5.74) is 0.743. The van der Waals surface area contributed by atoms with Crippen molar-refractivity contribution in [2.75, 3.05) is 6.54 Å². The third-order valence-corrected chi connectivity index (χ3v) is 5.97. The zero-order valence-electron chi connectivity index (χ0n) is 10.5. The molecule has 0 bridgehead atoms. The lowest BCUT2D eigenvalue weighted by molar-refractivity contribution is 0.550. The van der Waals surface area contributed by atoms with Crippen molar-refractivity contribution in [3.63, 3.8) is 0 Å². The van der Waals surface area contributed by atoms with Gasteiger partial charge in [-0.25, -0.2) is 8.42 Å². The second-order valence-electron chi connectivity index (χ2n) is 5.16. The van der Waals surface area contributed by atoms with E-state index in [2.05, 4.69) is 5.32 Å². The van der Waals surface area contributed by atoms with Gasteiger partial charge in [-0.05, 0) is 36.6 Å². The van der Waals surface area contributed by atoms with Crippen molar-refractivity contribution in [1.29, 1.82) is 0 Å². The second kappa shape index (κ2) is 4.93. The van der Waals surface area contributed by atoms with E-state index in [0.29, 0.717) is 27.4 Å². The summed E-state index contributed by atoms with van der Waals surface area (Å²) >= 11 is 5.88. The molecule has 0 amide bonds. The Morgan fingerprint density at radius 3 is 2.74 bits per heavy atom. The molecule has 5 heteroatoms. The molecule has 1 saturated carbocycles. The van der Waals surface area contributed by atoms with Crippen LogP contribution in [-0.4, -0.2) is 21.0 Å². The minimum Gasteiger partial charge on any atom is -0.309 e. The molecule has 0 aromatic heterocycles. The van der Waals surface area contributed by atoms with Crippen molar-refractivity contribution in [2.45, 2.75) is 36.6 Å². The molecule has 3 rings (SSSR count). The summed E-state index contributed by atoms with van der Waals surface area (Å²) in [6.07, 6.45) is 6.51. The van der Waals surface area contributed by atoms with E-state index in [-0.39, 0.29) is 0 Å². The van der Waals surface area contributed by atoms with Crippen molar-refractivity contribution < 1.29 is 8.42 Å². The van der Waals surface area contributed by atoms with Gasteiger partial charge in [-0.3, -0.25) is 0 Å². The summed E-state index contributed by atoms with van der Waals surface area (Å²) in [6.45, 7) is 0.416. The highest BCUT2D eigenvalue weighted by Crippen LogP contribution is 2.34. The third-order valence-electron chi connectivity index (χ3n) is 3.85. The van der Waals surface area contributed by atoms with Gasteiger partial charge in [-0.15, -0.1) is 0 Å². The Morgan fingerprint density at radius 1 is 1.26 bits per heavy atom. The number of sulfone groups is 1. The first-order valence-electron chi connectivity index (χ1n) is 6.56. The minimum absolute atomic E-state index is 0.336. The molecule has 0 unspecified atom stereocenters. The Labute approximate surface area is 118 Å². The van der Waals surface area contributed by atoms with E-state index in [9.17, 15) is 8.42 Å². The van der Waals surface area contributed by atoms with E-state index >= 15 is 0 Å². The van der Waals surface area contributed by atoms with Gasteiger partial charge in [0.2, 0.25) is 9.84 Å². The van der Waals surface area contributed by atoms with E-state index in [1.54, 1.807) is 18.2 Å².